The van der Waals surface area contributed by atoms with Gasteiger partial charge < -0.3 is 9.47 Å². The van der Waals surface area contributed by atoms with Crippen molar-refractivity contribution in [3.63, 3.8) is 0 Å². The first-order valence-electron chi connectivity index (χ1n) is 12.1. The number of hydrogen-bond acceptors (Lipinski definition) is 5. The molecule has 1 aliphatic heterocycles. The van der Waals surface area contributed by atoms with Crippen molar-refractivity contribution in [2.24, 2.45) is 0 Å². The quantitative estimate of drug-likeness (QED) is 0.523. The second-order valence-corrected chi connectivity index (χ2v) is 11.2. The third-order valence-corrected chi connectivity index (χ3v) is 6.41. The van der Waals surface area contributed by atoms with Gasteiger partial charge in [-0.15, -0.1) is 0 Å². The van der Waals surface area contributed by atoms with Gasteiger partial charge >= 0.3 is 0 Å². The van der Waals surface area contributed by atoms with Crippen LogP contribution in [0.15, 0.2) is 54.9 Å². The van der Waals surface area contributed by atoms with Gasteiger partial charge in [-0.05, 0) is 33.1 Å². The fourth-order valence-corrected chi connectivity index (χ4v) is 4.34. The molecule has 2 unspecified atom stereocenters. The van der Waals surface area contributed by atoms with E-state index in [1.54, 1.807) is 6.33 Å². The monoisotopic (exact) mass is 462 g/mol. The van der Waals surface area contributed by atoms with Crippen molar-refractivity contribution in [1.29, 1.82) is 0 Å². The fourth-order valence-electron chi connectivity index (χ4n) is 4.34. The van der Waals surface area contributed by atoms with Crippen LogP contribution in [0.5, 0.6) is 0 Å². The van der Waals surface area contributed by atoms with E-state index in [1.165, 1.54) is 22.3 Å². The molecule has 6 nitrogen and oxygen atoms in total. The summed E-state index contributed by atoms with van der Waals surface area (Å²) in [5.41, 5.74) is 5.14. The number of rotatable bonds is 6. The van der Waals surface area contributed by atoms with Gasteiger partial charge in [0.1, 0.15) is 12.2 Å². The second-order valence-electron chi connectivity index (χ2n) is 11.2. The lowest BCUT2D eigenvalue weighted by molar-refractivity contribution is -0.218. The Hall–Kier alpha value is -2.54. The molecule has 0 bridgehead atoms. The van der Waals surface area contributed by atoms with E-state index >= 15 is 0 Å². The molecule has 4 rings (SSSR count). The maximum Gasteiger partial charge on any atom is 0.177 e. The molecule has 1 aromatic heterocycles. The van der Waals surface area contributed by atoms with E-state index in [-0.39, 0.29) is 23.2 Å². The van der Waals surface area contributed by atoms with E-state index in [9.17, 15) is 0 Å². The maximum absolute atomic E-state index is 6.51. The zero-order chi connectivity index (χ0) is 24.3. The SMILES string of the molecule is CC(C)(C)c1cc(COC2OCCN(Cc3ncn[nH]3)C2c2ccccc2)cc(C(C)(C)C)c1. The zero-order valence-corrected chi connectivity index (χ0v) is 21.3. The molecule has 3 aromatic rings. The van der Waals surface area contributed by atoms with Crippen LogP contribution in [0, 0.1) is 0 Å². The van der Waals surface area contributed by atoms with Crippen molar-refractivity contribution in [3.8, 4) is 0 Å². The fraction of sp³-hybridized carbons (Fsp3) is 0.500. The number of H-pyrrole nitrogens is 1. The molecule has 2 heterocycles. The molecular formula is C28H38N4O2. The Morgan fingerprint density at radius 1 is 1.00 bits per heavy atom. The predicted octanol–water partition coefficient (Wildman–Crippen LogP) is 5.52. The average Bonchev–Trinajstić information content (AvgIpc) is 3.30. The summed E-state index contributed by atoms with van der Waals surface area (Å²) in [5.74, 6) is 0.842. The van der Waals surface area contributed by atoms with Crippen LogP contribution in [0.2, 0.25) is 0 Å². The number of nitrogens with one attached hydrogen (secondary N) is 1. The lowest BCUT2D eigenvalue weighted by Crippen LogP contribution is -2.46. The molecule has 1 aliphatic rings. The summed E-state index contributed by atoms with van der Waals surface area (Å²) in [6.45, 7) is 16.1. The largest absolute Gasteiger partial charge is 0.349 e. The second kappa shape index (κ2) is 9.98. The molecule has 0 spiro atoms. The third kappa shape index (κ3) is 5.93. The maximum atomic E-state index is 6.51. The highest BCUT2D eigenvalue weighted by Crippen LogP contribution is 2.34. The summed E-state index contributed by atoms with van der Waals surface area (Å²) in [7, 11) is 0. The Morgan fingerprint density at radius 3 is 2.26 bits per heavy atom. The van der Waals surface area contributed by atoms with Crippen molar-refractivity contribution < 1.29 is 9.47 Å². The molecule has 2 atom stereocenters. The lowest BCUT2D eigenvalue weighted by atomic mass is 9.79. The number of ether oxygens (including phenoxy) is 2. The summed E-state index contributed by atoms with van der Waals surface area (Å²) in [4.78, 5) is 6.69. The molecule has 0 amide bonds. The normalized spacial score (nSPS) is 19.9. The first kappa shape index (κ1) is 24.6. The van der Waals surface area contributed by atoms with Gasteiger partial charge in [0.15, 0.2) is 6.29 Å². The van der Waals surface area contributed by atoms with Crippen molar-refractivity contribution in [2.45, 2.75) is 77.9 Å². The summed E-state index contributed by atoms with van der Waals surface area (Å²) in [6, 6.07) is 17.3. The highest BCUT2D eigenvalue weighted by Gasteiger charge is 2.35. The van der Waals surface area contributed by atoms with Gasteiger partial charge in [0.2, 0.25) is 0 Å². The van der Waals surface area contributed by atoms with Gasteiger partial charge in [0, 0.05) is 6.54 Å². The number of hydrogen-bond donors (Lipinski definition) is 1. The number of nitrogens with zero attached hydrogens (tertiary/aromatic N) is 3. The minimum Gasteiger partial charge on any atom is -0.349 e. The van der Waals surface area contributed by atoms with Crippen molar-refractivity contribution in [1.82, 2.24) is 20.1 Å². The van der Waals surface area contributed by atoms with Crippen LogP contribution in [-0.2, 0) is 33.5 Å². The Balaban J connectivity index is 1.59. The Bertz CT molecular complexity index is 1020. The Morgan fingerprint density at radius 2 is 1.68 bits per heavy atom. The van der Waals surface area contributed by atoms with Crippen LogP contribution in [0.4, 0.5) is 0 Å². The van der Waals surface area contributed by atoms with Gasteiger partial charge in [-0.25, -0.2) is 4.98 Å². The number of morpholine rings is 1. The van der Waals surface area contributed by atoms with Crippen molar-refractivity contribution in [2.75, 3.05) is 13.2 Å². The highest BCUT2D eigenvalue weighted by molar-refractivity contribution is 5.37. The number of benzene rings is 2. The molecule has 182 valence electrons. The highest BCUT2D eigenvalue weighted by atomic mass is 16.7. The standard InChI is InChI=1S/C28H38N4O2/c1-27(2,3)22-14-20(15-23(16-22)28(4,5)6)18-34-26-25(21-10-8-7-9-11-21)32(12-13-33-26)17-24-29-19-30-31-24/h7-11,14-16,19,25-26H,12-13,17-18H2,1-6H3,(H,29,30,31). The molecule has 1 N–H and O–H groups in total. The molecule has 2 aromatic carbocycles. The van der Waals surface area contributed by atoms with Crippen LogP contribution in [0.3, 0.4) is 0 Å². The van der Waals surface area contributed by atoms with E-state index in [0.717, 1.165) is 12.4 Å². The van der Waals surface area contributed by atoms with Crippen LogP contribution < -0.4 is 0 Å². The van der Waals surface area contributed by atoms with Gasteiger partial charge in [-0.2, -0.15) is 5.10 Å². The number of aromatic nitrogens is 3. The average molecular weight is 463 g/mol. The molecule has 0 radical (unpaired) electrons. The third-order valence-electron chi connectivity index (χ3n) is 6.41. The van der Waals surface area contributed by atoms with Crippen molar-refractivity contribution in [3.05, 3.63) is 82.9 Å². The van der Waals surface area contributed by atoms with Crippen LogP contribution in [0.1, 0.15) is 75.7 Å². The van der Waals surface area contributed by atoms with E-state index in [1.807, 2.05) is 6.07 Å². The van der Waals surface area contributed by atoms with Crippen LogP contribution >= 0.6 is 0 Å². The first-order chi connectivity index (χ1) is 16.1. The summed E-state index contributed by atoms with van der Waals surface area (Å²) in [6.07, 6.45) is 1.17. The van der Waals surface area contributed by atoms with E-state index < -0.39 is 0 Å². The first-order valence-corrected chi connectivity index (χ1v) is 12.1. The van der Waals surface area contributed by atoms with Gasteiger partial charge in [-0.3, -0.25) is 10.00 Å². The molecule has 6 heteroatoms. The van der Waals surface area contributed by atoms with Crippen molar-refractivity contribution >= 4 is 0 Å². The van der Waals surface area contributed by atoms with Gasteiger partial charge in [-0.1, -0.05) is 90.1 Å². The minimum absolute atomic E-state index is 0.0343. The van der Waals surface area contributed by atoms with Crippen LogP contribution in [-0.4, -0.2) is 39.5 Å². The number of aromatic amines is 1. The summed E-state index contributed by atoms with van der Waals surface area (Å²) >= 11 is 0. The topological polar surface area (TPSA) is 63.3 Å². The van der Waals surface area contributed by atoms with E-state index in [0.29, 0.717) is 19.8 Å². The summed E-state index contributed by atoms with van der Waals surface area (Å²) in [5, 5.41) is 7.00. The minimum atomic E-state index is -0.379. The molecule has 34 heavy (non-hydrogen) atoms. The predicted molar refractivity (Wildman–Crippen MR) is 134 cm³/mol. The van der Waals surface area contributed by atoms with Gasteiger partial charge in [0.25, 0.3) is 0 Å². The van der Waals surface area contributed by atoms with Crippen LogP contribution in [0.25, 0.3) is 0 Å². The molecule has 0 saturated carbocycles. The summed E-state index contributed by atoms with van der Waals surface area (Å²) < 4.78 is 12.7. The molecule has 1 saturated heterocycles. The zero-order valence-electron chi connectivity index (χ0n) is 21.3. The lowest BCUT2D eigenvalue weighted by Gasteiger charge is -2.40. The molecular weight excluding hydrogens is 424 g/mol. The smallest absolute Gasteiger partial charge is 0.177 e. The molecule has 1 fully saturated rings. The van der Waals surface area contributed by atoms with E-state index in [2.05, 4.69) is 104 Å². The Labute approximate surface area is 203 Å². The van der Waals surface area contributed by atoms with E-state index in [4.69, 9.17) is 9.47 Å². The molecule has 0 aliphatic carbocycles. The Kier molecular flexibility index (Phi) is 7.22. The van der Waals surface area contributed by atoms with Gasteiger partial charge in [0.05, 0.1) is 25.8 Å².